The second kappa shape index (κ2) is 7.93. The molecule has 1 aromatic carbocycles. The molecule has 0 aliphatic carbocycles. The van der Waals surface area contributed by atoms with Crippen LogP contribution in [0.25, 0.3) is 11.4 Å². The van der Waals surface area contributed by atoms with Crippen molar-refractivity contribution in [1.29, 1.82) is 0 Å². The summed E-state index contributed by atoms with van der Waals surface area (Å²) in [5.74, 6) is 1.54. The summed E-state index contributed by atoms with van der Waals surface area (Å²) in [5.41, 5.74) is 1.97. The van der Waals surface area contributed by atoms with Gasteiger partial charge in [-0.05, 0) is 12.5 Å². The van der Waals surface area contributed by atoms with Gasteiger partial charge in [-0.25, -0.2) is 0 Å². The van der Waals surface area contributed by atoms with Crippen LogP contribution in [0.2, 0.25) is 0 Å². The van der Waals surface area contributed by atoms with Crippen LogP contribution in [0.1, 0.15) is 24.4 Å². The van der Waals surface area contributed by atoms with Crippen molar-refractivity contribution in [2.24, 2.45) is 0 Å². The zero-order valence-electron chi connectivity index (χ0n) is 16.2. The Bertz CT molecular complexity index is 949. The highest BCUT2D eigenvalue weighted by atomic mass is 16.5. The summed E-state index contributed by atoms with van der Waals surface area (Å²) in [4.78, 5) is 15.1. The van der Waals surface area contributed by atoms with Crippen LogP contribution in [-0.2, 0) is 29.0 Å². The largest absolute Gasteiger partial charge is 0.383 e. The van der Waals surface area contributed by atoms with Gasteiger partial charge in [0.1, 0.15) is 6.04 Å². The molecule has 146 valence electrons. The van der Waals surface area contributed by atoms with Gasteiger partial charge < -0.3 is 9.64 Å². The average Bonchev–Trinajstić information content (AvgIpc) is 3.36. The lowest BCUT2D eigenvalue weighted by Crippen LogP contribution is -2.45. The van der Waals surface area contributed by atoms with Gasteiger partial charge in [-0.3, -0.25) is 14.0 Å². The van der Waals surface area contributed by atoms with Gasteiger partial charge in [0.2, 0.25) is 5.91 Å². The molecule has 3 heterocycles. The van der Waals surface area contributed by atoms with E-state index in [0.29, 0.717) is 31.9 Å². The molecule has 0 N–H and O–H groups in total. The smallest absolute Gasteiger partial charge is 0.246 e. The number of aromatic nitrogens is 5. The summed E-state index contributed by atoms with van der Waals surface area (Å²) < 4.78 is 9.00. The van der Waals surface area contributed by atoms with E-state index in [-0.39, 0.29) is 5.91 Å². The lowest BCUT2D eigenvalue weighted by molar-refractivity contribution is -0.138. The molecule has 0 fully saturated rings. The molecule has 2 aromatic heterocycles. The average molecular weight is 380 g/mol. The first-order valence-corrected chi connectivity index (χ1v) is 9.49. The predicted octanol–water partition coefficient (Wildman–Crippen LogP) is 1.93. The number of aryl methyl sites for hydroxylation is 1. The molecule has 8 nitrogen and oxygen atoms in total. The zero-order valence-corrected chi connectivity index (χ0v) is 16.2. The molecular formula is C20H24N6O2. The minimum absolute atomic E-state index is 0.0670. The molecule has 3 aromatic rings. The number of ether oxygens (including phenoxy) is 1. The quantitative estimate of drug-likeness (QED) is 0.626. The Morgan fingerprint density at radius 3 is 2.75 bits per heavy atom. The Balaban J connectivity index is 1.74. The van der Waals surface area contributed by atoms with Gasteiger partial charge in [-0.15, -0.1) is 10.2 Å². The van der Waals surface area contributed by atoms with Crippen molar-refractivity contribution in [3.8, 4) is 11.4 Å². The van der Waals surface area contributed by atoms with E-state index >= 15 is 0 Å². The minimum atomic E-state index is -0.391. The molecule has 0 bridgehead atoms. The molecule has 0 spiro atoms. The first-order valence-electron chi connectivity index (χ1n) is 9.49. The molecule has 8 heteroatoms. The number of hydrogen-bond donors (Lipinski definition) is 0. The summed E-state index contributed by atoms with van der Waals surface area (Å²) in [5, 5.41) is 13.1. The maximum Gasteiger partial charge on any atom is 0.246 e. The molecule has 0 saturated carbocycles. The van der Waals surface area contributed by atoms with Crippen molar-refractivity contribution >= 4 is 5.91 Å². The molecule has 1 aliphatic heterocycles. The first-order chi connectivity index (χ1) is 13.7. The van der Waals surface area contributed by atoms with E-state index in [1.54, 1.807) is 18.2 Å². The summed E-state index contributed by atoms with van der Waals surface area (Å²) in [6, 6.07) is 9.65. The fourth-order valence-corrected chi connectivity index (χ4v) is 3.58. The van der Waals surface area contributed by atoms with Gasteiger partial charge in [0.05, 0.1) is 24.9 Å². The van der Waals surface area contributed by atoms with Crippen LogP contribution in [0.5, 0.6) is 0 Å². The van der Waals surface area contributed by atoms with Crippen molar-refractivity contribution in [2.75, 3.05) is 20.3 Å². The van der Waals surface area contributed by atoms with Crippen molar-refractivity contribution in [1.82, 2.24) is 29.4 Å². The molecular weight excluding hydrogens is 356 g/mol. The van der Waals surface area contributed by atoms with E-state index in [9.17, 15) is 4.79 Å². The van der Waals surface area contributed by atoms with E-state index in [2.05, 4.69) is 15.3 Å². The highest BCUT2D eigenvalue weighted by Gasteiger charge is 2.36. The van der Waals surface area contributed by atoms with Crippen LogP contribution in [0.4, 0.5) is 0 Å². The van der Waals surface area contributed by atoms with E-state index in [1.165, 1.54) is 0 Å². The van der Waals surface area contributed by atoms with E-state index in [0.717, 1.165) is 23.5 Å². The minimum Gasteiger partial charge on any atom is -0.383 e. The van der Waals surface area contributed by atoms with Crippen LogP contribution < -0.4 is 0 Å². The van der Waals surface area contributed by atoms with E-state index in [4.69, 9.17) is 4.74 Å². The van der Waals surface area contributed by atoms with Crippen LogP contribution >= 0.6 is 0 Å². The number of methoxy groups -OCH3 is 1. The number of carbonyl (C=O) groups is 1. The van der Waals surface area contributed by atoms with Gasteiger partial charge in [-0.2, -0.15) is 5.10 Å². The number of fused-ring (bicyclic) bond motifs is 1. The monoisotopic (exact) mass is 380 g/mol. The predicted molar refractivity (Wildman–Crippen MR) is 103 cm³/mol. The first kappa shape index (κ1) is 18.4. The number of hydrogen-bond acceptors (Lipinski definition) is 5. The third-order valence-electron chi connectivity index (χ3n) is 5.06. The Labute approximate surface area is 163 Å². The van der Waals surface area contributed by atoms with Crippen LogP contribution in [0.3, 0.4) is 0 Å². The van der Waals surface area contributed by atoms with Crippen LogP contribution in [-0.4, -0.2) is 55.6 Å². The number of carbonyl (C=O) groups excluding carboxylic acids is 1. The Hall–Kier alpha value is -3.00. The second-order valence-corrected chi connectivity index (χ2v) is 6.85. The summed E-state index contributed by atoms with van der Waals surface area (Å²) >= 11 is 0. The lowest BCUT2D eigenvalue weighted by atomic mass is 10.0. The second-order valence-electron chi connectivity index (χ2n) is 6.85. The molecule has 0 saturated heterocycles. The van der Waals surface area contributed by atoms with Crippen LogP contribution in [0, 0.1) is 0 Å². The number of amides is 1. The standard InChI is InChI=1S/C20H24N6O2/c1-3-25-13-16(12-21-25)19-23-22-18-14-24(9-10-28-2)20(27)17(26(18)19)11-15-7-5-4-6-8-15/h4-8,12-13,17H,3,9-11,14H2,1-2H3/t17-/m1/s1. The van der Waals surface area contributed by atoms with E-state index < -0.39 is 6.04 Å². The SMILES string of the molecule is CCn1cc(-c2nnc3n2[C@H](Cc2ccccc2)C(=O)N(CCOC)C3)cn1. The van der Waals surface area contributed by atoms with Crippen molar-refractivity contribution in [3.63, 3.8) is 0 Å². The highest BCUT2D eigenvalue weighted by molar-refractivity contribution is 5.82. The molecule has 28 heavy (non-hydrogen) atoms. The Morgan fingerprint density at radius 1 is 1.21 bits per heavy atom. The molecule has 1 amide bonds. The van der Waals surface area contributed by atoms with Gasteiger partial charge >= 0.3 is 0 Å². The maximum atomic E-state index is 13.3. The molecule has 0 unspecified atom stereocenters. The zero-order chi connectivity index (χ0) is 19.5. The van der Waals surface area contributed by atoms with E-state index in [1.807, 2.05) is 52.7 Å². The fourth-order valence-electron chi connectivity index (χ4n) is 3.58. The van der Waals surface area contributed by atoms with Gasteiger partial charge in [-0.1, -0.05) is 30.3 Å². The molecule has 0 radical (unpaired) electrons. The summed E-state index contributed by atoms with van der Waals surface area (Å²) in [7, 11) is 1.64. The number of rotatable bonds is 7. The maximum absolute atomic E-state index is 13.3. The van der Waals surface area contributed by atoms with Crippen molar-refractivity contribution in [3.05, 3.63) is 54.1 Å². The molecule has 4 rings (SSSR count). The summed E-state index contributed by atoms with van der Waals surface area (Å²) in [6.07, 6.45) is 4.31. The Morgan fingerprint density at radius 2 is 2.04 bits per heavy atom. The summed E-state index contributed by atoms with van der Waals surface area (Å²) in [6.45, 7) is 4.27. The van der Waals surface area contributed by atoms with Gasteiger partial charge in [0.15, 0.2) is 11.6 Å². The number of nitrogens with zero attached hydrogens (tertiary/aromatic N) is 6. The topological polar surface area (TPSA) is 78.1 Å². The number of benzene rings is 1. The highest BCUT2D eigenvalue weighted by Crippen LogP contribution is 2.30. The molecule has 1 aliphatic rings. The lowest BCUT2D eigenvalue weighted by Gasteiger charge is -2.33. The third-order valence-corrected chi connectivity index (χ3v) is 5.06. The van der Waals surface area contributed by atoms with Crippen molar-refractivity contribution < 1.29 is 9.53 Å². The molecule has 1 atom stereocenters. The Kier molecular flexibility index (Phi) is 5.21. The van der Waals surface area contributed by atoms with Gasteiger partial charge in [0, 0.05) is 32.8 Å². The third kappa shape index (κ3) is 3.43. The van der Waals surface area contributed by atoms with Gasteiger partial charge in [0.25, 0.3) is 0 Å². The fraction of sp³-hybridized carbons (Fsp3) is 0.400. The van der Waals surface area contributed by atoms with Crippen molar-refractivity contribution in [2.45, 2.75) is 32.5 Å². The normalized spacial score (nSPS) is 16.4. The van der Waals surface area contributed by atoms with Crippen LogP contribution in [0.15, 0.2) is 42.7 Å².